The van der Waals surface area contributed by atoms with Crippen LogP contribution in [0.2, 0.25) is 0 Å². The number of methoxy groups -OCH3 is 1. The molecule has 0 spiro atoms. The van der Waals surface area contributed by atoms with Gasteiger partial charge in [-0.1, -0.05) is 6.07 Å². The van der Waals surface area contributed by atoms with Crippen molar-refractivity contribution in [1.29, 1.82) is 0 Å². The van der Waals surface area contributed by atoms with E-state index >= 15 is 0 Å². The number of sulfonamides is 1. The van der Waals surface area contributed by atoms with Crippen LogP contribution in [-0.2, 0) is 21.3 Å². The molecule has 0 radical (unpaired) electrons. The van der Waals surface area contributed by atoms with E-state index in [4.69, 9.17) is 4.74 Å². The predicted molar refractivity (Wildman–Crippen MR) is 85.7 cm³/mol. The average Bonchev–Trinajstić information content (AvgIpc) is 3.28. The second-order valence-corrected chi connectivity index (χ2v) is 7.91. The normalized spacial score (nSPS) is 16.9. The van der Waals surface area contributed by atoms with E-state index in [1.54, 1.807) is 19.2 Å². The van der Waals surface area contributed by atoms with Crippen LogP contribution in [0.1, 0.15) is 25.3 Å². The lowest BCUT2D eigenvalue weighted by Crippen LogP contribution is -2.32. The molecule has 0 aliphatic heterocycles. The monoisotopic (exact) mass is 376 g/mol. The molecule has 2 rings (SSSR count). The SMILES string of the molecule is COC(C)CNS(=O)(=O)c1cc(CNC2CC2)ccc1Br. The van der Waals surface area contributed by atoms with Crippen LogP contribution in [0.25, 0.3) is 0 Å². The number of hydrogen-bond acceptors (Lipinski definition) is 4. The van der Waals surface area contributed by atoms with Gasteiger partial charge >= 0.3 is 0 Å². The third-order valence-electron chi connectivity index (χ3n) is 3.42. The Hall–Kier alpha value is -0.470. The fourth-order valence-electron chi connectivity index (χ4n) is 1.80. The summed E-state index contributed by atoms with van der Waals surface area (Å²) in [7, 11) is -1.99. The quantitative estimate of drug-likeness (QED) is 0.728. The molecular formula is C14H21BrN2O3S. The molecule has 1 saturated carbocycles. The minimum absolute atomic E-state index is 0.168. The van der Waals surface area contributed by atoms with E-state index in [0.717, 1.165) is 5.56 Å². The first-order chi connectivity index (χ1) is 9.92. The van der Waals surface area contributed by atoms with E-state index in [1.807, 2.05) is 13.0 Å². The zero-order valence-corrected chi connectivity index (χ0v) is 14.6. The standard InChI is InChI=1S/C14H21BrN2O3S/c1-10(20-2)8-17-21(18,19)14-7-11(3-6-13(14)15)9-16-12-4-5-12/h3,6-7,10,12,16-17H,4-5,8-9H2,1-2H3. The second-order valence-electron chi connectivity index (χ2n) is 5.32. The van der Waals surface area contributed by atoms with Crippen LogP contribution in [0, 0.1) is 0 Å². The van der Waals surface area contributed by atoms with E-state index in [-0.39, 0.29) is 17.5 Å². The molecule has 118 valence electrons. The summed E-state index contributed by atoms with van der Waals surface area (Å²) in [6, 6.07) is 6.00. The van der Waals surface area contributed by atoms with Crippen molar-refractivity contribution in [3.05, 3.63) is 28.2 Å². The first-order valence-corrected chi connectivity index (χ1v) is 9.24. The molecule has 0 amide bonds. The number of nitrogens with one attached hydrogen (secondary N) is 2. The van der Waals surface area contributed by atoms with Crippen LogP contribution < -0.4 is 10.0 Å². The smallest absolute Gasteiger partial charge is 0.241 e. The van der Waals surface area contributed by atoms with Gasteiger partial charge in [-0.15, -0.1) is 0 Å². The van der Waals surface area contributed by atoms with Gasteiger partial charge in [-0.3, -0.25) is 0 Å². The van der Waals surface area contributed by atoms with Crippen molar-refractivity contribution in [2.75, 3.05) is 13.7 Å². The Labute approximate surface area is 134 Å². The minimum Gasteiger partial charge on any atom is -0.380 e. The largest absolute Gasteiger partial charge is 0.380 e. The molecule has 0 heterocycles. The molecule has 0 saturated heterocycles. The van der Waals surface area contributed by atoms with Gasteiger partial charge in [-0.05, 0) is 53.4 Å². The van der Waals surface area contributed by atoms with Gasteiger partial charge in [0.05, 0.1) is 11.0 Å². The van der Waals surface area contributed by atoms with Gasteiger partial charge in [0.1, 0.15) is 0 Å². The molecule has 1 fully saturated rings. The highest BCUT2D eigenvalue weighted by Gasteiger charge is 2.22. The maximum atomic E-state index is 12.4. The van der Waals surface area contributed by atoms with Crippen molar-refractivity contribution < 1.29 is 13.2 Å². The lowest BCUT2D eigenvalue weighted by atomic mass is 10.2. The van der Waals surface area contributed by atoms with Crippen molar-refractivity contribution >= 4 is 26.0 Å². The third kappa shape index (κ3) is 5.03. The molecule has 1 aromatic carbocycles. The summed E-state index contributed by atoms with van der Waals surface area (Å²) in [5.74, 6) is 0. The second kappa shape index (κ2) is 7.19. The van der Waals surface area contributed by atoms with Crippen LogP contribution in [0.5, 0.6) is 0 Å². The van der Waals surface area contributed by atoms with Gasteiger partial charge in [0.15, 0.2) is 0 Å². The number of halogens is 1. The fraction of sp³-hybridized carbons (Fsp3) is 0.571. The number of rotatable bonds is 8. The molecule has 1 unspecified atom stereocenters. The summed E-state index contributed by atoms with van der Waals surface area (Å²) < 4.78 is 32.9. The topological polar surface area (TPSA) is 67.4 Å². The van der Waals surface area contributed by atoms with E-state index < -0.39 is 10.0 Å². The Bertz CT molecular complexity index is 588. The lowest BCUT2D eigenvalue weighted by molar-refractivity contribution is 0.122. The van der Waals surface area contributed by atoms with E-state index in [9.17, 15) is 8.42 Å². The summed E-state index contributed by atoms with van der Waals surface area (Å²) >= 11 is 3.31. The molecule has 5 nitrogen and oxygen atoms in total. The zero-order valence-electron chi connectivity index (χ0n) is 12.2. The molecule has 2 N–H and O–H groups in total. The number of ether oxygens (including phenoxy) is 1. The van der Waals surface area contributed by atoms with Crippen molar-refractivity contribution in [2.45, 2.75) is 43.4 Å². The van der Waals surface area contributed by atoms with Gasteiger partial charge < -0.3 is 10.1 Å². The Morgan fingerprint density at radius 2 is 2.14 bits per heavy atom. The number of hydrogen-bond donors (Lipinski definition) is 2. The molecule has 0 aromatic heterocycles. The van der Waals surface area contributed by atoms with E-state index in [2.05, 4.69) is 26.0 Å². The highest BCUT2D eigenvalue weighted by molar-refractivity contribution is 9.10. The molecule has 0 bridgehead atoms. The zero-order chi connectivity index (χ0) is 15.5. The Kier molecular flexibility index (Phi) is 5.79. The Balaban J connectivity index is 2.10. The highest BCUT2D eigenvalue weighted by Crippen LogP contribution is 2.24. The summed E-state index contributed by atoms with van der Waals surface area (Å²) in [6.45, 7) is 2.75. The van der Waals surface area contributed by atoms with Crippen molar-refractivity contribution in [3.63, 3.8) is 0 Å². The first-order valence-electron chi connectivity index (χ1n) is 6.96. The molecule has 1 aromatic rings. The molecule has 7 heteroatoms. The number of benzene rings is 1. The maximum absolute atomic E-state index is 12.4. The van der Waals surface area contributed by atoms with Gasteiger partial charge in [0.2, 0.25) is 10.0 Å². The minimum atomic E-state index is -3.55. The summed E-state index contributed by atoms with van der Waals surface area (Å²) in [5.41, 5.74) is 0.963. The Morgan fingerprint density at radius 1 is 1.43 bits per heavy atom. The van der Waals surface area contributed by atoms with Crippen LogP contribution in [0.4, 0.5) is 0 Å². The van der Waals surface area contributed by atoms with E-state index in [1.165, 1.54) is 12.8 Å². The fourth-order valence-corrected chi connectivity index (χ4v) is 3.93. The van der Waals surface area contributed by atoms with Gasteiger partial charge in [0.25, 0.3) is 0 Å². The Morgan fingerprint density at radius 3 is 2.76 bits per heavy atom. The van der Waals surface area contributed by atoms with Crippen LogP contribution >= 0.6 is 15.9 Å². The van der Waals surface area contributed by atoms with Gasteiger partial charge in [-0.25, -0.2) is 13.1 Å². The van der Waals surface area contributed by atoms with Crippen LogP contribution in [0.3, 0.4) is 0 Å². The highest BCUT2D eigenvalue weighted by atomic mass is 79.9. The molecule has 1 aliphatic rings. The lowest BCUT2D eigenvalue weighted by Gasteiger charge is -2.13. The predicted octanol–water partition coefficient (Wildman–Crippen LogP) is 2.01. The summed E-state index contributed by atoms with van der Waals surface area (Å²) in [6.07, 6.45) is 2.24. The average molecular weight is 377 g/mol. The summed E-state index contributed by atoms with van der Waals surface area (Å²) in [5, 5.41) is 3.38. The van der Waals surface area contributed by atoms with Crippen LogP contribution in [0.15, 0.2) is 27.6 Å². The summed E-state index contributed by atoms with van der Waals surface area (Å²) in [4.78, 5) is 0.265. The first kappa shape index (κ1) is 16.9. The van der Waals surface area contributed by atoms with E-state index in [0.29, 0.717) is 17.1 Å². The molecule has 1 atom stereocenters. The van der Waals surface area contributed by atoms with Crippen LogP contribution in [-0.4, -0.2) is 34.2 Å². The van der Waals surface area contributed by atoms with Crippen molar-refractivity contribution in [3.8, 4) is 0 Å². The van der Waals surface area contributed by atoms with Gasteiger partial charge in [0, 0.05) is 30.7 Å². The van der Waals surface area contributed by atoms with Crippen molar-refractivity contribution in [2.24, 2.45) is 0 Å². The molecule has 1 aliphatic carbocycles. The van der Waals surface area contributed by atoms with Crippen molar-refractivity contribution in [1.82, 2.24) is 10.0 Å². The molecule has 21 heavy (non-hydrogen) atoms. The molecular weight excluding hydrogens is 356 g/mol. The third-order valence-corrected chi connectivity index (χ3v) is 5.84. The maximum Gasteiger partial charge on any atom is 0.241 e. The van der Waals surface area contributed by atoms with Gasteiger partial charge in [-0.2, -0.15) is 0 Å².